The highest BCUT2D eigenvalue weighted by Gasteiger charge is 2.14. The van der Waals surface area contributed by atoms with Crippen LogP contribution in [0.2, 0.25) is 5.02 Å². The van der Waals surface area contributed by atoms with E-state index in [1.807, 2.05) is 6.07 Å². The van der Waals surface area contributed by atoms with Crippen LogP contribution in [0.4, 0.5) is 4.39 Å². The van der Waals surface area contributed by atoms with Crippen LogP contribution in [-0.2, 0) is 11.2 Å². The molecule has 0 saturated heterocycles. The average molecular weight is 396 g/mol. The summed E-state index contributed by atoms with van der Waals surface area (Å²) in [5.41, 5.74) is 1.95. The smallest absolute Gasteiger partial charge is 0.307 e. The van der Waals surface area contributed by atoms with Crippen molar-refractivity contribution in [3.63, 3.8) is 0 Å². The number of rotatable bonds is 3. The number of hydrogen-bond acceptors (Lipinski definition) is 3. The Hall–Kier alpha value is -2.05. The lowest BCUT2D eigenvalue weighted by atomic mass is 10.0. The fourth-order valence-electron chi connectivity index (χ4n) is 2.27. The zero-order valence-electron chi connectivity index (χ0n) is 11.6. The summed E-state index contributed by atoms with van der Waals surface area (Å²) >= 11 is 9.14. The maximum Gasteiger partial charge on any atom is 0.307 e. The Labute approximate surface area is 144 Å². The summed E-state index contributed by atoms with van der Waals surface area (Å²) in [6.45, 7) is 0. The number of halogens is 3. The van der Waals surface area contributed by atoms with Crippen molar-refractivity contribution in [2.45, 2.75) is 6.42 Å². The van der Waals surface area contributed by atoms with Gasteiger partial charge in [0.25, 0.3) is 0 Å². The van der Waals surface area contributed by atoms with Gasteiger partial charge in [-0.25, -0.2) is 14.4 Å². The number of hydrogen-bond donors (Lipinski definition) is 1. The van der Waals surface area contributed by atoms with E-state index in [1.54, 1.807) is 12.3 Å². The van der Waals surface area contributed by atoms with Gasteiger partial charge in [0.2, 0.25) is 0 Å². The monoisotopic (exact) mass is 394 g/mol. The molecule has 0 aliphatic rings. The molecule has 0 amide bonds. The number of carboxylic acids is 1. The van der Waals surface area contributed by atoms with E-state index in [1.165, 1.54) is 18.2 Å². The van der Waals surface area contributed by atoms with Gasteiger partial charge in [0, 0.05) is 21.6 Å². The van der Waals surface area contributed by atoms with Gasteiger partial charge in [0.15, 0.2) is 5.65 Å². The van der Waals surface area contributed by atoms with Crippen molar-refractivity contribution in [3.05, 3.63) is 57.4 Å². The lowest BCUT2D eigenvalue weighted by molar-refractivity contribution is -0.136. The largest absolute Gasteiger partial charge is 0.481 e. The zero-order chi connectivity index (χ0) is 16.6. The number of nitrogens with zero attached hydrogens (tertiary/aromatic N) is 2. The van der Waals surface area contributed by atoms with Crippen molar-refractivity contribution in [1.29, 1.82) is 0 Å². The lowest BCUT2D eigenvalue weighted by Crippen LogP contribution is -2.04. The molecule has 4 nitrogen and oxygen atoms in total. The minimum atomic E-state index is -0.983. The molecule has 0 spiro atoms. The maximum atomic E-state index is 13.4. The van der Waals surface area contributed by atoms with Crippen molar-refractivity contribution < 1.29 is 14.3 Å². The van der Waals surface area contributed by atoms with Gasteiger partial charge in [-0.2, -0.15) is 0 Å². The van der Waals surface area contributed by atoms with Crippen LogP contribution < -0.4 is 0 Å². The lowest BCUT2D eigenvalue weighted by Gasteiger charge is -2.10. The molecule has 23 heavy (non-hydrogen) atoms. The summed E-state index contributed by atoms with van der Waals surface area (Å²) in [5, 5.41) is 9.79. The third-order valence-electron chi connectivity index (χ3n) is 3.25. The Bertz CT molecular complexity index is 933. The van der Waals surface area contributed by atoms with Gasteiger partial charge in [-0.05, 0) is 51.8 Å². The zero-order valence-corrected chi connectivity index (χ0v) is 13.9. The van der Waals surface area contributed by atoms with Crippen LogP contribution in [0.3, 0.4) is 0 Å². The maximum absolute atomic E-state index is 13.4. The van der Waals surface area contributed by atoms with E-state index in [2.05, 4.69) is 25.9 Å². The van der Waals surface area contributed by atoms with E-state index in [9.17, 15) is 9.18 Å². The molecule has 3 aromatic rings. The highest BCUT2D eigenvalue weighted by molar-refractivity contribution is 9.10. The Morgan fingerprint density at radius 2 is 2.09 bits per heavy atom. The average Bonchev–Trinajstić information content (AvgIpc) is 2.49. The van der Waals surface area contributed by atoms with Crippen molar-refractivity contribution in [1.82, 2.24) is 9.97 Å². The summed E-state index contributed by atoms with van der Waals surface area (Å²) in [6.07, 6.45) is 1.40. The van der Waals surface area contributed by atoms with Crippen LogP contribution in [0, 0.1) is 5.82 Å². The van der Waals surface area contributed by atoms with Crippen molar-refractivity contribution in [3.8, 4) is 11.3 Å². The summed E-state index contributed by atoms with van der Waals surface area (Å²) in [7, 11) is 0. The van der Waals surface area contributed by atoms with Gasteiger partial charge in [0.05, 0.1) is 17.1 Å². The molecule has 0 unspecified atom stereocenters. The van der Waals surface area contributed by atoms with Crippen molar-refractivity contribution in [2.75, 3.05) is 0 Å². The van der Waals surface area contributed by atoms with Gasteiger partial charge in [-0.15, -0.1) is 0 Å². The molecule has 2 heterocycles. The molecule has 0 aliphatic carbocycles. The Morgan fingerprint density at radius 1 is 1.30 bits per heavy atom. The number of carboxylic acid groups (broad SMARTS) is 1. The molecule has 0 saturated carbocycles. The van der Waals surface area contributed by atoms with Gasteiger partial charge < -0.3 is 5.11 Å². The standard InChI is InChI=1S/C16H9BrClFN2O2/c17-11-4-10-3-9(6-14(22)23)15(21-16(10)20-7-11)8-1-2-13(19)12(18)5-8/h1-5,7H,6H2,(H,22,23). The van der Waals surface area contributed by atoms with E-state index in [4.69, 9.17) is 16.7 Å². The second kappa shape index (κ2) is 6.22. The number of benzene rings is 1. The predicted molar refractivity (Wildman–Crippen MR) is 89.0 cm³/mol. The first-order valence-corrected chi connectivity index (χ1v) is 7.73. The molecule has 116 valence electrons. The third-order valence-corrected chi connectivity index (χ3v) is 3.97. The first-order valence-electron chi connectivity index (χ1n) is 6.56. The van der Waals surface area contributed by atoms with Crippen LogP contribution in [0.5, 0.6) is 0 Å². The van der Waals surface area contributed by atoms with Crippen LogP contribution in [0.1, 0.15) is 5.56 Å². The van der Waals surface area contributed by atoms with E-state index in [0.717, 1.165) is 4.47 Å². The first kappa shape index (κ1) is 15.8. The molecule has 0 radical (unpaired) electrons. The van der Waals surface area contributed by atoms with Crippen LogP contribution in [-0.4, -0.2) is 21.0 Å². The van der Waals surface area contributed by atoms with Crippen molar-refractivity contribution in [2.24, 2.45) is 0 Å². The predicted octanol–water partition coefficient (Wildman–Crippen LogP) is 4.48. The van der Waals surface area contributed by atoms with Crippen LogP contribution in [0.25, 0.3) is 22.3 Å². The van der Waals surface area contributed by atoms with Crippen molar-refractivity contribution >= 4 is 44.5 Å². The number of fused-ring (bicyclic) bond motifs is 1. The highest BCUT2D eigenvalue weighted by Crippen LogP contribution is 2.29. The minimum absolute atomic E-state index is 0.0468. The SMILES string of the molecule is O=C(O)Cc1cc2cc(Br)cnc2nc1-c1ccc(F)c(Cl)c1. The normalized spacial score (nSPS) is 10.9. The molecule has 1 aromatic carbocycles. The minimum Gasteiger partial charge on any atom is -0.481 e. The third kappa shape index (κ3) is 3.33. The van der Waals surface area contributed by atoms with Gasteiger partial charge in [-0.3, -0.25) is 4.79 Å². The van der Waals surface area contributed by atoms with E-state index < -0.39 is 11.8 Å². The molecule has 2 aromatic heterocycles. The first-order chi connectivity index (χ1) is 10.9. The molecule has 0 atom stereocenters. The molecular weight excluding hydrogens is 387 g/mol. The molecule has 1 N–H and O–H groups in total. The van der Waals surface area contributed by atoms with Crippen LogP contribution >= 0.6 is 27.5 Å². The summed E-state index contributed by atoms with van der Waals surface area (Å²) in [6, 6.07) is 7.70. The second-order valence-corrected chi connectivity index (χ2v) is 6.22. The number of carbonyl (C=O) groups is 1. The molecule has 0 fully saturated rings. The molecule has 7 heteroatoms. The second-order valence-electron chi connectivity index (χ2n) is 4.90. The van der Waals surface area contributed by atoms with Gasteiger partial charge in [0.1, 0.15) is 5.82 Å². The van der Waals surface area contributed by atoms with Gasteiger partial charge >= 0.3 is 5.97 Å². The molecule has 0 bridgehead atoms. The molecule has 3 rings (SSSR count). The number of pyridine rings is 2. The number of aromatic nitrogens is 2. The summed E-state index contributed by atoms with van der Waals surface area (Å²) in [4.78, 5) is 19.8. The topological polar surface area (TPSA) is 63.1 Å². The Morgan fingerprint density at radius 3 is 2.78 bits per heavy atom. The van der Waals surface area contributed by atoms with Crippen LogP contribution in [0.15, 0.2) is 41.0 Å². The fraction of sp³-hybridized carbons (Fsp3) is 0.0625. The fourth-order valence-corrected chi connectivity index (χ4v) is 2.80. The van der Waals surface area contributed by atoms with E-state index in [0.29, 0.717) is 27.9 Å². The quantitative estimate of drug-likeness (QED) is 0.710. The molecule has 0 aliphatic heterocycles. The summed E-state index contributed by atoms with van der Waals surface area (Å²) in [5.74, 6) is -1.53. The highest BCUT2D eigenvalue weighted by atomic mass is 79.9. The Balaban J connectivity index is 2.25. The van der Waals surface area contributed by atoms with Gasteiger partial charge in [-0.1, -0.05) is 11.6 Å². The summed E-state index contributed by atoms with van der Waals surface area (Å²) < 4.78 is 14.1. The Kier molecular flexibility index (Phi) is 4.28. The van der Waals surface area contributed by atoms with E-state index >= 15 is 0 Å². The van der Waals surface area contributed by atoms with E-state index in [-0.39, 0.29) is 11.4 Å². The molecular formula is C16H9BrClFN2O2. The number of aliphatic carboxylic acids is 1.